The predicted molar refractivity (Wildman–Crippen MR) is 73.6 cm³/mol. The summed E-state index contributed by atoms with van der Waals surface area (Å²) in [7, 11) is 0. The van der Waals surface area contributed by atoms with E-state index < -0.39 is 0 Å². The molecule has 17 heavy (non-hydrogen) atoms. The van der Waals surface area contributed by atoms with Crippen molar-refractivity contribution in [3.8, 4) is 11.1 Å². The molecule has 0 heterocycles. The summed E-state index contributed by atoms with van der Waals surface area (Å²) in [5.74, 6) is 0. The van der Waals surface area contributed by atoms with Crippen LogP contribution >= 0.6 is 0 Å². The zero-order valence-electron chi connectivity index (χ0n) is 11.0. The fourth-order valence-electron chi connectivity index (χ4n) is 2.94. The zero-order chi connectivity index (χ0) is 12.2. The third-order valence-corrected chi connectivity index (χ3v) is 3.99. The molecular weight excluding hydrogens is 204 g/mol. The van der Waals surface area contributed by atoms with Crippen LogP contribution in [0.3, 0.4) is 0 Å². The lowest BCUT2D eigenvalue weighted by molar-refractivity contribution is 1.19. The molecule has 0 amide bonds. The van der Waals surface area contributed by atoms with Crippen LogP contribution in [0.5, 0.6) is 0 Å². The van der Waals surface area contributed by atoms with Crippen LogP contribution in [0.4, 0.5) is 0 Å². The fraction of sp³-hybridized carbons (Fsp3) is 0.294. The van der Waals surface area contributed by atoms with Crippen molar-refractivity contribution in [3.05, 3.63) is 57.6 Å². The Morgan fingerprint density at radius 1 is 0.706 bits per heavy atom. The monoisotopic (exact) mass is 222 g/mol. The van der Waals surface area contributed by atoms with Crippen molar-refractivity contribution in [1.82, 2.24) is 0 Å². The molecule has 0 N–H and O–H groups in total. The van der Waals surface area contributed by atoms with Gasteiger partial charge in [-0.2, -0.15) is 0 Å². The van der Waals surface area contributed by atoms with Gasteiger partial charge in [0.2, 0.25) is 0 Å². The van der Waals surface area contributed by atoms with Crippen molar-refractivity contribution in [1.29, 1.82) is 0 Å². The van der Waals surface area contributed by atoms with Gasteiger partial charge >= 0.3 is 0 Å². The first-order valence-electron chi connectivity index (χ1n) is 6.27. The second kappa shape index (κ2) is 3.46. The minimum atomic E-state index is 1.11. The summed E-state index contributed by atoms with van der Waals surface area (Å²) in [6.45, 7) is 8.83. The second-order valence-corrected chi connectivity index (χ2v) is 5.38. The quantitative estimate of drug-likeness (QED) is 0.525. The molecule has 0 fully saturated rings. The molecule has 0 saturated heterocycles. The highest BCUT2D eigenvalue weighted by atomic mass is 14.2. The van der Waals surface area contributed by atoms with Crippen molar-refractivity contribution >= 4 is 0 Å². The van der Waals surface area contributed by atoms with E-state index in [1.54, 1.807) is 0 Å². The zero-order valence-corrected chi connectivity index (χ0v) is 11.0. The molecule has 1 aliphatic rings. The van der Waals surface area contributed by atoms with Crippen LogP contribution in [0.15, 0.2) is 24.3 Å². The highest BCUT2D eigenvalue weighted by Crippen LogP contribution is 2.40. The van der Waals surface area contributed by atoms with Crippen LogP contribution in [0.2, 0.25) is 0 Å². The van der Waals surface area contributed by atoms with E-state index in [4.69, 9.17) is 0 Å². The van der Waals surface area contributed by atoms with Crippen LogP contribution in [0.1, 0.15) is 33.4 Å². The minimum absolute atomic E-state index is 1.11. The molecule has 2 aromatic carbocycles. The van der Waals surface area contributed by atoms with Crippen molar-refractivity contribution in [3.63, 3.8) is 0 Å². The molecule has 0 aromatic heterocycles. The van der Waals surface area contributed by atoms with Crippen molar-refractivity contribution in [2.45, 2.75) is 34.1 Å². The number of aryl methyl sites for hydroxylation is 4. The van der Waals surface area contributed by atoms with Crippen molar-refractivity contribution in [2.24, 2.45) is 0 Å². The summed E-state index contributed by atoms with van der Waals surface area (Å²) in [5, 5.41) is 0. The first kappa shape index (κ1) is 10.6. The first-order chi connectivity index (χ1) is 8.06. The van der Waals surface area contributed by atoms with E-state index in [1.807, 2.05) is 0 Å². The van der Waals surface area contributed by atoms with E-state index >= 15 is 0 Å². The van der Waals surface area contributed by atoms with Gasteiger partial charge in [-0.25, -0.2) is 0 Å². The van der Waals surface area contributed by atoms with Gasteiger partial charge in [-0.05, 0) is 73.1 Å². The van der Waals surface area contributed by atoms with Gasteiger partial charge in [0.1, 0.15) is 0 Å². The van der Waals surface area contributed by atoms with Gasteiger partial charge in [0.05, 0.1) is 0 Å². The maximum absolute atomic E-state index is 2.36. The maximum atomic E-state index is 2.36. The molecule has 0 spiro atoms. The van der Waals surface area contributed by atoms with E-state index in [1.165, 1.54) is 44.5 Å². The molecule has 0 bridgehead atoms. The summed E-state index contributed by atoms with van der Waals surface area (Å²) in [4.78, 5) is 0. The van der Waals surface area contributed by atoms with Crippen LogP contribution in [-0.2, 0) is 6.42 Å². The number of hydrogen-bond donors (Lipinski definition) is 0. The lowest BCUT2D eigenvalue weighted by Crippen LogP contribution is -1.87. The molecule has 0 aliphatic heterocycles. The standard InChI is InChI=1S/C17H18/c1-10-5-13(4)15-9-14-7-11(2)12(3)8-16(14)17(15)6-10/h5-8H,9H2,1-4H3. The Morgan fingerprint density at radius 2 is 1.41 bits per heavy atom. The minimum Gasteiger partial charge on any atom is -0.0561 e. The third-order valence-electron chi connectivity index (χ3n) is 3.99. The molecule has 0 nitrogen and oxygen atoms in total. The molecule has 2 aromatic rings. The number of hydrogen-bond acceptors (Lipinski definition) is 0. The van der Waals surface area contributed by atoms with E-state index in [0.29, 0.717) is 0 Å². The van der Waals surface area contributed by atoms with Gasteiger partial charge in [-0.1, -0.05) is 29.8 Å². The lowest BCUT2D eigenvalue weighted by atomic mass is 9.98. The normalized spacial score (nSPS) is 12.5. The van der Waals surface area contributed by atoms with Crippen LogP contribution in [-0.4, -0.2) is 0 Å². The fourth-order valence-corrected chi connectivity index (χ4v) is 2.94. The Hall–Kier alpha value is -1.56. The van der Waals surface area contributed by atoms with E-state index in [9.17, 15) is 0 Å². The smallest absolute Gasteiger partial charge is 0.00107 e. The van der Waals surface area contributed by atoms with Crippen molar-refractivity contribution in [2.75, 3.05) is 0 Å². The second-order valence-electron chi connectivity index (χ2n) is 5.38. The van der Waals surface area contributed by atoms with Gasteiger partial charge in [0.25, 0.3) is 0 Å². The molecule has 3 rings (SSSR count). The average Bonchev–Trinajstić information content (AvgIpc) is 2.58. The summed E-state index contributed by atoms with van der Waals surface area (Å²) in [5.41, 5.74) is 11.5. The largest absolute Gasteiger partial charge is 0.0561 e. The topological polar surface area (TPSA) is 0 Å². The Kier molecular flexibility index (Phi) is 2.16. The Balaban J connectivity index is 2.30. The van der Waals surface area contributed by atoms with Gasteiger partial charge in [-0.15, -0.1) is 0 Å². The van der Waals surface area contributed by atoms with Crippen molar-refractivity contribution < 1.29 is 0 Å². The molecule has 1 aliphatic carbocycles. The molecule has 86 valence electrons. The summed E-state index contributed by atoms with van der Waals surface area (Å²) in [6, 6.07) is 9.35. The van der Waals surface area contributed by atoms with Gasteiger partial charge in [0.15, 0.2) is 0 Å². The molecule has 0 heteroatoms. The van der Waals surface area contributed by atoms with Crippen LogP contribution in [0.25, 0.3) is 11.1 Å². The Bertz CT molecular complexity index is 618. The molecule has 0 unspecified atom stereocenters. The van der Waals surface area contributed by atoms with Crippen LogP contribution < -0.4 is 0 Å². The molecule has 0 radical (unpaired) electrons. The van der Waals surface area contributed by atoms with E-state index in [-0.39, 0.29) is 0 Å². The molecule has 0 atom stereocenters. The average molecular weight is 222 g/mol. The summed E-state index contributed by atoms with van der Waals surface area (Å²) in [6.07, 6.45) is 1.11. The lowest BCUT2D eigenvalue weighted by Gasteiger charge is -2.07. The summed E-state index contributed by atoms with van der Waals surface area (Å²) >= 11 is 0. The summed E-state index contributed by atoms with van der Waals surface area (Å²) < 4.78 is 0. The Morgan fingerprint density at radius 3 is 2.18 bits per heavy atom. The SMILES string of the molecule is Cc1cc(C)c2c(c1)-c1cc(C)c(C)cc1C2. The van der Waals surface area contributed by atoms with Gasteiger partial charge in [0, 0.05) is 0 Å². The Labute approximate surface area is 103 Å². The van der Waals surface area contributed by atoms with Gasteiger partial charge in [-0.3, -0.25) is 0 Å². The number of benzene rings is 2. The number of rotatable bonds is 0. The van der Waals surface area contributed by atoms with E-state index in [2.05, 4.69) is 52.0 Å². The van der Waals surface area contributed by atoms with Crippen LogP contribution in [0, 0.1) is 27.7 Å². The van der Waals surface area contributed by atoms with E-state index in [0.717, 1.165) is 6.42 Å². The highest BCUT2D eigenvalue weighted by molar-refractivity contribution is 5.79. The third kappa shape index (κ3) is 1.51. The highest BCUT2D eigenvalue weighted by Gasteiger charge is 2.20. The first-order valence-corrected chi connectivity index (χ1v) is 6.27. The maximum Gasteiger partial charge on any atom is -0.00107 e. The predicted octanol–water partition coefficient (Wildman–Crippen LogP) is 4.49. The molecule has 0 saturated carbocycles. The molecular formula is C17H18. The number of fused-ring (bicyclic) bond motifs is 3. The van der Waals surface area contributed by atoms with Gasteiger partial charge < -0.3 is 0 Å².